The van der Waals surface area contributed by atoms with Crippen molar-refractivity contribution < 1.29 is 14.6 Å². The summed E-state index contributed by atoms with van der Waals surface area (Å²) in [6.45, 7) is -0.170. The van der Waals surface area contributed by atoms with Gasteiger partial charge >= 0.3 is 5.97 Å². The highest BCUT2D eigenvalue weighted by atomic mass is 16.5. The van der Waals surface area contributed by atoms with Crippen LogP contribution in [-0.4, -0.2) is 28.9 Å². The van der Waals surface area contributed by atoms with Crippen LogP contribution in [0.4, 0.5) is 5.69 Å². The Hall–Kier alpha value is -1.82. The molecule has 0 spiro atoms. The minimum atomic E-state index is -1.37. The molecule has 0 aliphatic rings. The number of esters is 1. The Balaban J connectivity index is 2.86. The number of carbonyl (C=O) groups excluding carboxylic acids is 1. The number of rotatable bonds is 3. The van der Waals surface area contributed by atoms with Crippen LogP contribution >= 0.6 is 0 Å². The Bertz CT molecular complexity index is 413. The van der Waals surface area contributed by atoms with Crippen LogP contribution in [0.3, 0.4) is 0 Å². The molecule has 0 saturated heterocycles. The number of anilines is 1. The number of aromatic nitrogens is 1. The zero-order chi connectivity index (χ0) is 11.4. The lowest BCUT2D eigenvalue weighted by Crippen LogP contribution is -2.32. The van der Waals surface area contributed by atoms with Gasteiger partial charge in [0, 0.05) is 6.20 Å². The molecule has 1 atom stereocenters. The molecule has 1 heterocycles. The first kappa shape index (κ1) is 11.3. The number of aliphatic hydroxyl groups excluding tert-OH is 1. The van der Waals surface area contributed by atoms with E-state index in [0.29, 0.717) is 0 Å². The van der Waals surface area contributed by atoms with Crippen LogP contribution in [0.25, 0.3) is 0 Å². The van der Waals surface area contributed by atoms with Gasteiger partial charge in [-0.05, 0) is 12.1 Å². The second kappa shape index (κ2) is 4.61. The van der Waals surface area contributed by atoms with E-state index >= 15 is 0 Å². The molecule has 1 aromatic rings. The summed E-state index contributed by atoms with van der Waals surface area (Å²) in [6, 6.07) is 3.00. The van der Waals surface area contributed by atoms with Gasteiger partial charge in [-0.3, -0.25) is 4.79 Å². The molecule has 3 N–H and O–H groups in total. The monoisotopic (exact) mass is 212 g/mol. The smallest absolute Gasteiger partial charge is 0.336 e. The van der Waals surface area contributed by atoms with E-state index in [1.807, 2.05) is 0 Å². The predicted molar refractivity (Wildman–Crippen MR) is 53.1 cm³/mol. The standard InChI is InChI=1S/C9H12N2O4/c1-15-9(14)7(12)5-11-4-2-3-6(10)8(11)13/h2-4,7,12H,5,10H2,1H3. The molecule has 1 aromatic heterocycles. The van der Waals surface area contributed by atoms with Gasteiger partial charge in [0.05, 0.1) is 19.3 Å². The molecule has 82 valence electrons. The van der Waals surface area contributed by atoms with Crippen molar-refractivity contribution in [1.82, 2.24) is 4.57 Å². The summed E-state index contributed by atoms with van der Waals surface area (Å²) in [7, 11) is 1.16. The highest BCUT2D eigenvalue weighted by Gasteiger charge is 2.16. The summed E-state index contributed by atoms with van der Waals surface area (Å²) in [5.74, 6) is -0.788. The van der Waals surface area contributed by atoms with Crippen molar-refractivity contribution in [2.45, 2.75) is 12.6 Å². The van der Waals surface area contributed by atoms with Crippen molar-refractivity contribution in [2.24, 2.45) is 0 Å². The van der Waals surface area contributed by atoms with Crippen molar-refractivity contribution in [2.75, 3.05) is 12.8 Å². The third kappa shape index (κ3) is 2.57. The second-order valence-corrected chi connectivity index (χ2v) is 2.96. The third-order valence-corrected chi connectivity index (χ3v) is 1.89. The van der Waals surface area contributed by atoms with Gasteiger partial charge in [0.1, 0.15) is 0 Å². The highest BCUT2D eigenvalue weighted by molar-refractivity contribution is 5.74. The van der Waals surface area contributed by atoms with E-state index in [2.05, 4.69) is 4.74 Å². The van der Waals surface area contributed by atoms with E-state index in [4.69, 9.17) is 5.73 Å². The van der Waals surface area contributed by atoms with Crippen molar-refractivity contribution in [3.63, 3.8) is 0 Å². The Labute approximate surface area is 85.9 Å². The normalized spacial score (nSPS) is 12.1. The molecule has 1 unspecified atom stereocenters. The number of pyridine rings is 1. The minimum absolute atomic E-state index is 0.0644. The van der Waals surface area contributed by atoms with Crippen LogP contribution in [-0.2, 0) is 16.1 Å². The predicted octanol–water partition coefficient (Wildman–Crippen LogP) is -1.04. The number of hydrogen-bond acceptors (Lipinski definition) is 5. The average Bonchev–Trinajstić information content (AvgIpc) is 2.23. The van der Waals surface area contributed by atoms with Crippen LogP contribution < -0.4 is 11.3 Å². The van der Waals surface area contributed by atoms with Gasteiger partial charge in [0.15, 0.2) is 6.10 Å². The fraction of sp³-hybridized carbons (Fsp3) is 0.333. The summed E-state index contributed by atoms with van der Waals surface area (Å²) in [4.78, 5) is 22.3. The fourth-order valence-electron chi connectivity index (χ4n) is 1.10. The number of ether oxygens (including phenoxy) is 1. The molecule has 0 aliphatic heterocycles. The molecule has 0 amide bonds. The van der Waals surface area contributed by atoms with E-state index in [1.54, 1.807) is 6.07 Å². The average molecular weight is 212 g/mol. The summed E-state index contributed by atoms with van der Waals surface area (Å²) in [5.41, 5.74) is 4.99. The van der Waals surface area contributed by atoms with Crippen molar-refractivity contribution in [1.29, 1.82) is 0 Å². The number of nitrogens with two attached hydrogens (primary N) is 1. The number of carbonyl (C=O) groups is 1. The molecule has 0 aromatic carbocycles. The molecule has 1 rings (SSSR count). The Morgan fingerprint density at radius 2 is 2.40 bits per heavy atom. The van der Waals surface area contributed by atoms with E-state index in [0.717, 1.165) is 11.7 Å². The first-order valence-corrected chi connectivity index (χ1v) is 4.27. The zero-order valence-corrected chi connectivity index (χ0v) is 8.21. The molecule has 0 radical (unpaired) electrons. The zero-order valence-electron chi connectivity index (χ0n) is 8.21. The van der Waals surface area contributed by atoms with Gasteiger partial charge in [-0.25, -0.2) is 4.79 Å². The number of nitrogens with zero attached hydrogens (tertiary/aromatic N) is 1. The summed E-state index contributed by atoms with van der Waals surface area (Å²) in [5, 5.41) is 9.31. The quantitative estimate of drug-likeness (QED) is 0.624. The molecule has 0 fully saturated rings. The van der Waals surface area contributed by atoms with E-state index in [-0.39, 0.29) is 12.2 Å². The first-order valence-electron chi connectivity index (χ1n) is 4.27. The van der Waals surface area contributed by atoms with E-state index < -0.39 is 17.6 Å². The molecule has 0 aliphatic carbocycles. The number of methoxy groups -OCH3 is 1. The van der Waals surface area contributed by atoms with Crippen LogP contribution in [0.15, 0.2) is 23.1 Å². The molecule has 6 heteroatoms. The van der Waals surface area contributed by atoms with Gasteiger partial charge in [-0.2, -0.15) is 0 Å². The Morgan fingerprint density at radius 1 is 1.73 bits per heavy atom. The lowest BCUT2D eigenvalue weighted by molar-refractivity contribution is -0.151. The highest BCUT2D eigenvalue weighted by Crippen LogP contribution is 1.95. The van der Waals surface area contributed by atoms with E-state index in [1.165, 1.54) is 12.3 Å². The van der Waals surface area contributed by atoms with Crippen LogP contribution in [0.1, 0.15) is 0 Å². The molecular formula is C9H12N2O4. The Kier molecular flexibility index (Phi) is 3.46. The SMILES string of the molecule is COC(=O)C(O)Cn1cccc(N)c1=O. The fourth-order valence-corrected chi connectivity index (χ4v) is 1.10. The van der Waals surface area contributed by atoms with Crippen molar-refractivity contribution in [3.05, 3.63) is 28.7 Å². The van der Waals surface area contributed by atoms with Gasteiger partial charge in [0.2, 0.25) is 0 Å². The topological polar surface area (TPSA) is 94.6 Å². The minimum Gasteiger partial charge on any atom is -0.467 e. The lowest BCUT2D eigenvalue weighted by atomic mass is 10.3. The lowest BCUT2D eigenvalue weighted by Gasteiger charge is -2.10. The molecular weight excluding hydrogens is 200 g/mol. The number of hydrogen-bond donors (Lipinski definition) is 2. The number of nitrogen functional groups attached to an aromatic ring is 1. The van der Waals surface area contributed by atoms with Crippen molar-refractivity contribution in [3.8, 4) is 0 Å². The number of aliphatic hydroxyl groups is 1. The van der Waals surface area contributed by atoms with E-state index in [9.17, 15) is 14.7 Å². The molecule has 0 bridgehead atoms. The van der Waals surface area contributed by atoms with Crippen LogP contribution in [0.2, 0.25) is 0 Å². The third-order valence-electron chi connectivity index (χ3n) is 1.89. The largest absolute Gasteiger partial charge is 0.467 e. The van der Waals surface area contributed by atoms with Gasteiger partial charge in [0.25, 0.3) is 5.56 Å². The van der Waals surface area contributed by atoms with Crippen molar-refractivity contribution >= 4 is 11.7 Å². The second-order valence-electron chi connectivity index (χ2n) is 2.96. The summed E-state index contributed by atoms with van der Waals surface area (Å²) >= 11 is 0. The Morgan fingerprint density at radius 3 is 3.00 bits per heavy atom. The van der Waals surface area contributed by atoms with Crippen LogP contribution in [0.5, 0.6) is 0 Å². The van der Waals surface area contributed by atoms with Gasteiger partial charge in [-0.15, -0.1) is 0 Å². The maximum Gasteiger partial charge on any atom is 0.336 e. The molecule has 6 nitrogen and oxygen atoms in total. The maximum absolute atomic E-state index is 11.4. The van der Waals surface area contributed by atoms with Crippen LogP contribution in [0, 0.1) is 0 Å². The first-order chi connectivity index (χ1) is 7.06. The molecule has 0 saturated carbocycles. The maximum atomic E-state index is 11.4. The van der Waals surface area contributed by atoms with Gasteiger partial charge in [-0.1, -0.05) is 0 Å². The summed E-state index contributed by atoms with van der Waals surface area (Å²) < 4.78 is 5.47. The van der Waals surface area contributed by atoms with Gasteiger partial charge < -0.3 is 20.1 Å². The molecule has 15 heavy (non-hydrogen) atoms. The summed E-state index contributed by atoms with van der Waals surface area (Å²) in [6.07, 6.45) is 0.0692.